The van der Waals surface area contributed by atoms with Gasteiger partial charge in [-0.3, -0.25) is 0 Å². The lowest BCUT2D eigenvalue weighted by Crippen LogP contribution is -2.25. The monoisotopic (exact) mass is 310 g/mol. The molecule has 4 nitrogen and oxygen atoms in total. The molecule has 0 amide bonds. The summed E-state index contributed by atoms with van der Waals surface area (Å²) in [6.07, 6.45) is 3.65. The van der Waals surface area contributed by atoms with Crippen molar-refractivity contribution in [3.05, 3.63) is 10.9 Å². The average Bonchev–Trinajstić information content (AvgIpc) is 2.65. The van der Waals surface area contributed by atoms with Crippen molar-refractivity contribution in [1.29, 1.82) is 0 Å². The second-order valence-electron chi connectivity index (χ2n) is 6.84. The summed E-state index contributed by atoms with van der Waals surface area (Å²) in [6, 6.07) is 1.91. The van der Waals surface area contributed by atoms with Gasteiger partial charge in [0.15, 0.2) is 0 Å². The average molecular weight is 310 g/mol. The van der Waals surface area contributed by atoms with E-state index in [4.69, 9.17) is 10.5 Å². The molecule has 118 valence electrons. The molecule has 0 bridgehead atoms. The first-order valence-corrected chi connectivity index (χ1v) is 8.37. The molecule has 2 N–H and O–H groups in total. The van der Waals surface area contributed by atoms with Crippen molar-refractivity contribution < 1.29 is 9.53 Å². The van der Waals surface area contributed by atoms with Crippen molar-refractivity contribution in [2.75, 3.05) is 30.8 Å². The van der Waals surface area contributed by atoms with Crippen LogP contribution in [-0.2, 0) is 4.74 Å². The minimum absolute atomic E-state index is 0.342. The topological polar surface area (TPSA) is 55.6 Å². The van der Waals surface area contributed by atoms with Gasteiger partial charge in [-0.25, -0.2) is 4.79 Å². The lowest BCUT2D eigenvalue weighted by molar-refractivity contribution is 0.0607. The second-order valence-corrected chi connectivity index (χ2v) is 7.87. The molecule has 21 heavy (non-hydrogen) atoms. The maximum Gasteiger partial charge on any atom is 0.350 e. The molecule has 1 atom stereocenters. The van der Waals surface area contributed by atoms with Crippen LogP contribution >= 0.6 is 11.3 Å². The Morgan fingerprint density at radius 1 is 1.38 bits per heavy atom. The fourth-order valence-electron chi connectivity index (χ4n) is 2.98. The number of hydrogen-bond donors (Lipinski definition) is 1. The van der Waals surface area contributed by atoms with Crippen LogP contribution in [-0.4, -0.2) is 26.2 Å². The molecule has 2 rings (SSSR count). The number of anilines is 2. The smallest absolute Gasteiger partial charge is 0.350 e. The van der Waals surface area contributed by atoms with E-state index in [2.05, 4.69) is 25.7 Å². The lowest BCUT2D eigenvalue weighted by Gasteiger charge is -2.29. The largest absolute Gasteiger partial charge is 0.465 e. The van der Waals surface area contributed by atoms with Gasteiger partial charge >= 0.3 is 5.97 Å². The molecule has 5 heteroatoms. The van der Waals surface area contributed by atoms with Crippen molar-refractivity contribution in [3.63, 3.8) is 0 Å². The highest BCUT2D eigenvalue weighted by atomic mass is 32.1. The summed E-state index contributed by atoms with van der Waals surface area (Å²) in [7, 11) is 1.39. The number of thiophene rings is 1. The summed E-state index contributed by atoms with van der Waals surface area (Å²) in [5, 5.41) is 1.09. The van der Waals surface area contributed by atoms with Gasteiger partial charge in [0.25, 0.3) is 0 Å². The molecule has 0 radical (unpaired) electrons. The van der Waals surface area contributed by atoms with E-state index in [0.29, 0.717) is 16.0 Å². The predicted molar refractivity (Wildman–Crippen MR) is 89.1 cm³/mol. The molecule has 0 spiro atoms. The lowest BCUT2D eigenvalue weighted by atomic mass is 9.77. The first-order valence-electron chi connectivity index (χ1n) is 7.55. The highest BCUT2D eigenvalue weighted by Crippen LogP contribution is 2.38. The van der Waals surface area contributed by atoms with E-state index in [1.807, 2.05) is 6.07 Å². The predicted octanol–water partition coefficient (Wildman–Crippen LogP) is 3.77. The molecule has 1 aromatic heterocycles. The molecule has 2 heterocycles. The Bertz CT molecular complexity index is 505. The number of nitrogens with two attached hydrogens (primary N) is 1. The molecular weight excluding hydrogens is 284 g/mol. The highest BCUT2D eigenvalue weighted by Gasteiger charge is 2.28. The van der Waals surface area contributed by atoms with Crippen LogP contribution in [0.4, 0.5) is 10.7 Å². The Kier molecular flexibility index (Phi) is 4.81. The van der Waals surface area contributed by atoms with E-state index in [0.717, 1.165) is 24.0 Å². The van der Waals surface area contributed by atoms with Gasteiger partial charge in [-0.1, -0.05) is 20.8 Å². The standard InChI is InChI=1S/C16H26N2O2S/c1-16(2,3)11-6-5-8-18(9-7-11)13-10-12(17)14(21-13)15(19)20-4/h10-11H,5-9,17H2,1-4H3. The van der Waals surface area contributed by atoms with E-state index in [1.165, 1.54) is 37.7 Å². The van der Waals surface area contributed by atoms with E-state index in [-0.39, 0.29) is 5.97 Å². The quantitative estimate of drug-likeness (QED) is 0.845. The van der Waals surface area contributed by atoms with Crippen molar-refractivity contribution in [1.82, 2.24) is 0 Å². The van der Waals surface area contributed by atoms with Gasteiger partial charge in [0.2, 0.25) is 0 Å². The van der Waals surface area contributed by atoms with E-state index < -0.39 is 0 Å². The summed E-state index contributed by atoms with van der Waals surface area (Å²) in [5.41, 5.74) is 6.83. The number of methoxy groups -OCH3 is 1. The van der Waals surface area contributed by atoms with Crippen molar-refractivity contribution >= 4 is 28.0 Å². The molecule has 1 saturated heterocycles. The number of nitrogen functional groups attached to an aromatic ring is 1. The molecular formula is C16H26N2O2S. The van der Waals surface area contributed by atoms with Crippen LogP contribution in [0.5, 0.6) is 0 Å². The number of hydrogen-bond acceptors (Lipinski definition) is 5. The van der Waals surface area contributed by atoms with Gasteiger partial charge in [0, 0.05) is 13.1 Å². The molecule has 0 saturated carbocycles. The van der Waals surface area contributed by atoms with Crippen molar-refractivity contribution in [3.8, 4) is 0 Å². The Hall–Kier alpha value is -1.23. The normalized spacial score (nSPS) is 20.2. The Labute approximate surface area is 131 Å². The number of rotatable bonds is 2. The van der Waals surface area contributed by atoms with Gasteiger partial charge in [-0.05, 0) is 36.7 Å². The summed E-state index contributed by atoms with van der Waals surface area (Å²) < 4.78 is 4.78. The molecule has 1 aliphatic heterocycles. The van der Waals surface area contributed by atoms with Crippen LogP contribution in [0.15, 0.2) is 6.07 Å². The summed E-state index contributed by atoms with van der Waals surface area (Å²) >= 11 is 1.44. The maximum absolute atomic E-state index is 11.7. The number of nitrogens with zero attached hydrogens (tertiary/aromatic N) is 1. The van der Waals surface area contributed by atoms with Crippen molar-refractivity contribution in [2.24, 2.45) is 11.3 Å². The van der Waals surface area contributed by atoms with Gasteiger partial charge < -0.3 is 15.4 Å². The number of ether oxygens (including phenoxy) is 1. The van der Waals surface area contributed by atoms with E-state index in [1.54, 1.807) is 0 Å². The molecule has 0 aromatic carbocycles. The Morgan fingerprint density at radius 3 is 2.71 bits per heavy atom. The second kappa shape index (κ2) is 6.26. The summed E-state index contributed by atoms with van der Waals surface area (Å²) in [6.45, 7) is 9.04. The van der Waals surface area contributed by atoms with Crippen molar-refractivity contribution in [2.45, 2.75) is 40.0 Å². The zero-order valence-electron chi connectivity index (χ0n) is 13.4. The van der Waals surface area contributed by atoms with Crippen LogP contribution in [0.3, 0.4) is 0 Å². The minimum Gasteiger partial charge on any atom is -0.465 e. The molecule has 1 aliphatic rings. The van der Waals surface area contributed by atoms with Gasteiger partial charge in [-0.15, -0.1) is 11.3 Å². The number of carbonyl (C=O) groups is 1. The zero-order valence-corrected chi connectivity index (χ0v) is 14.3. The summed E-state index contributed by atoms with van der Waals surface area (Å²) in [5.74, 6) is 0.408. The van der Waals surface area contributed by atoms with Gasteiger partial charge in [0.1, 0.15) is 4.88 Å². The molecule has 1 fully saturated rings. The third kappa shape index (κ3) is 3.70. The van der Waals surface area contributed by atoms with Crippen LogP contribution in [0.1, 0.15) is 49.7 Å². The third-order valence-electron chi connectivity index (χ3n) is 4.38. The SMILES string of the molecule is COC(=O)c1sc(N2CCCC(C(C)(C)C)CC2)cc1N. The summed E-state index contributed by atoms with van der Waals surface area (Å²) in [4.78, 5) is 14.5. The van der Waals surface area contributed by atoms with Gasteiger partial charge in [0.05, 0.1) is 17.8 Å². The minimum atomic E-state index is -0.342. The zero-order chi connectivity index (χ0) is 15.6. The molecule has 1 aromatic rings. The maximum atomic E-state index is 11.7. The first-order chi connectivity index (χ1) is 9.82. The van der Waals surface area contributed by atoms with E-state index in [9.17, 15) is 4.79 Å². The van der Waals surface area contributed by atoms with Gasteiger partial charge in [-0.2, -0.15) is 0 Å². The Balaban J connectivity index is 2.11. The molecule has 0 aliphatic carbocycles. The van der Waals surface area contributed by atoms with Crippen LogP contribution in [0.25, 0.3) is 0 Å². The third-order valence-corrected chi connectivity index (χ3v) is 5.57. The van der Waals surface area contributed by atoms with Crippen LogP contribution in [0, 0.1) is 11.3 Å². The highest BCUT2D eigenvalue weighted by molar-refractivity contribution is 7.18. The molecule has 1 unspecified atom stereocenters. The van der Waals surface area contributed by atoms with Crippen LogP contribution in [0.2, 0.25) is 0 Å². The van der Waals surface area contributed by atoms with Crippen LogP contribution < -0.4 is 10.6 Å². The Morgan fingerprint density at radius 2 is 2.10 bits per heavy atom. The number of esters is 1. The first kappa shape index (κ1) is 16.1. The fourth-order valence-corrected chi connectivity index (χ4v) is 4.03. The number of carbonyl (C=O) groups excluding carboxylic acids is 1. The van der Waals surface area contributed by atoms with E-state index >= 15 is 0 Å². The fraction of sp³-hybridized carbons (Fsp3) is 0.688.